The Bertz CT molecular complexity index is 966. The molecule has 1 amide bonds. The van der Waals surface area contributed by atoms with Crippen molar-refractivity contribution >= 4 is 17.5 Å². The van der Waals surface area contributed by atoms with E-state index in [1.807, 2.05) is 54.8 Å². The molecule has 0 aliphatic rings. The fraction of sp³-hybridized carbons (Fsp3) is 0.273. The van der Waals surface area contributed by atoms with Gasteiger partial charge in [0.05, 0.1) is 12.2 Å². The van der Waals surface area contributed by atoms with Crippen LogP contribution in [0.3, 0.4) is 0 Å². The van der Waals surface area contributed by atoms with Crippen LogP contribution < -0.4 is 10.1 Å². The Morgan fingerprint density at radius 2 is 1.90 bits per heavy atom. The number of carbonyl (C=O) groups is 1. The van der Waals surface area contributed by atoms with E-state index in [1.54, 1.807) is 19.4 Å². The predicted molar refractivity (Wildman–Crippen MR) is 113 cm³/mol. The van der Waals surface area contributed by atoms with Crippen LogP contribution in [0.4, 0.5) is 0 Å². The molecule has 0 radical (unpaired) electrons. The minimum Gasteiger partial charge on any atom is -0.475 e. The van der Waals surface area contributed by atoms with Crippen LogP contribution >= 0.6 is 11.6 Å². The van der Waals surface area contributed by atoms with Crippen molar-refractivity contribution in [2.75, 3.05) is 20.3 Å². The molecule has 3 aromatic rings. The fourth-order valence-corrected chi connectivity index (χ4v) is 3.21. The zero-order valence-electron chi connectivity index (χ0n) is 16.7. The second-order valence-corrected chi connectivity index (χ2v) is 7.06. The van der Waals surface area contributed by atoms with E-state index >= 15 is 0 Å². The molecule has 7 heteroatoms. The first-order valence-corrected chi connectivity index (χ1v) is 9.67. The molecule has 0 fully saturated rings. The molecule has 0 saturated heterocycles. The van der Waals surface area contributed by atoms with Crippen LogP contribution in [0.15, 0.2) is 48.7 Å². The first kappa shape index (κ1) is 20.9. The lowest BCUT2D eigenvalue weighted by Gasteiger charge is -2.10. The van der Waals surface area contributed by atoms with Crippen LogP contribution in [0.2, 0.25) is 5.02 Å². The van der Waals surface area contributed by atoms with E-state index < -0.39 is 0 Å². The highest BCUT2D eigenvalue weighted by Crippen LogP contribution is 2.22. The number of hydrogen-bond acceptors (Lipinski definition) is 4. The van der Waals surface area contributed by atoms with Gasteiger partial charge in [-0.05, 0) is 49.7 Å². The molecular formula is C22H24ClN3O3. The third-order valence-electron chi connectivity index (χ3n) is 4.55. The highest BCUT2D eigenvalue weighted by atomic mass is 35.5. The second-order valence-electron chi connectivity index (χ2n) is 6.63. The second kappa shape index (κ2) is 9.58. The molecule has 152 valence electrons. The van der Waals surface area contributed by atoms with Gasteiger partial charge in [-0.3, -0.25) is 4.79 Å². The van der Waals surface area contributed by atoms with E-state index in [1.165, 1.54) is 0 Å². The lowest BCUT2D eigenvalue weighted by molar-refractivity contribution is 0.0950. The number of rotatable bonds is 8. The largest absolute Gasteiger partial charge is 0.475 e. The first-order chi connectivity index (χ1) is 14.0. The Morgan fingerprint density at radius 1 is 1.14 bits per heavy atom. The molecule has 0 bridgehead atoms. The number of nitrogens with one attached hydrogen (secondary N) is 1. The molecule has 0 aliphatic carbocycles. The van der Waals surface area contributed by atoms with Crippen LogP contribution in [0, 0.1) is 13.8 Å². The van der Waals surface area contributed by atoms with Gasteiger partial charge in [0.1, 0.15) is 6.61 Å². The molecule has 1 N–H and O–H groups in total. The number of methoxy groups -OCH3 is 1. The third kappa shape index (κ3) is 5.16. The van der Waals surface area contributed by atoms with Crippen molar-refractivity contribution in [2.24, 2.45) is 0 Å². The summed E-state index contributed by atoms with van der Waals surface area (Å²) in [7, 11) is 1.62. The molecular weight excluding hydrogens is 390 g/mol. The van der Waals surface area contributed by atoms with Gasteiger partial charge in [-0.1, -0.05) is 17.7 Å². The van der Waals surface area contributed by atoms with Crippen LogP contribution in [-0.2, 0) is 11.3 Å². The zero-order chi connectivity index (χ0) is 20.8. The maximum Gasteiger partial charge on any atom is 0.253 e. The average molecular weight is 414 g/mol. The van der Waals surface area contributed by atoms with Gasteiger partial charge in [0, 0.05) is 48.0 Å². The van der Waals surface area contributed by atoms with Gasteiger partial charge in [-0.2, -0.15) is 0 Å². The standard InChI is InChI=1S/C22H24ClN3O3/c1-15-12-20(16(2)26(15)19-7-5-18(23)6-8-19)22(27)25-14-17-4-9-21(24-13-17)29-11-10-28-3/h4-9,12-13H,10-11,14H2,1-3H3,(H,25,27). The van der Waals surface area contributed by atoms with Crippen molar-refractivity contribution in [3.8, 4) is 11.6 Å². The van der Waals surface area contributed by atoms with Crippen LogP contribution in [-0.4, -0.2) is 35.8 Å². The SMILES string of the molecule is COCCOc1ccc(CNC(=O)c2cc(C)n(-c3ccc(Cl)cc3)c2C)cn1. The maximum absolute atomic E-state index is 12.7. The van der Waals surface area contributed by atoms with Crippen molar-refractivity contribution in [2.45, 2.75) is 20.4 Å². The van der Waals surface area contributed by atoms with Gasteiger partial charge in [0.25, 0.3) is 5.91 Å². The van der Waals surface area contributed by atoms with Crippen molar-refractivity contribution in [1.29, 1.82) is 0 Å². The third-order valence-corrected chi connectivity index (χ3v) is 4.80. The van der Waals surface area contributed by atoms with E-state index in [2.05, 4.69) is 10.3 Å². The summed E-state index contributed by atoms with van der Waals surface area (Å²) >= 11 is 5.98. The summed E-state index contributed by atoms with van der Waals surface area (Å²) in [5.41, 5.74) is 4.36. The molecule has 29 heavy (non-hydrogen) atoms. The number of aryl methyl sites for hydroxylation is 1. The fourth-order valence-electron chi connectivity index (χ4n) is 3.09. The van der Waals surface area contributed by atoms with Gasteiger partial charge in [-0.25, -0.2) is 4.98 Å². The lowest BCUT2D eigenvalue weighted by Crippen LogP contribution is -2.23. The summed E-state index contributed by atoms with van der Waals surface area (Å²) in [4.78, 5) is 17.0. The molecule has 2 aromatic heterocycles. The van der Waals surface area contributed by atoms with Gasteiger partial charge in [0.15, 0.2) is 0 Å². The van der Waals surface area contributed by atoms with E-state index in [-0.39, 0.29) is 5.91 Å². The Morgan fingerprint density at radius 3 is 2.55 bits per heavy atom. The van der Waals surface area contributed by atoms with Crippen LogP contribution in [0.5, 0.6) is 5.88 Å². The van der Waals surface area contributed by atoms with E-state index in [0.29, 0.717) is 36.2 Å². The minimum atomic E-state index is -0.126. The molecule has 0 unspecified atom stereocenters. The first-order valence-electron chi connectivity index (χ1n) is 9.29. The number of pyridine rings is 1. The number of carbonyl (C=O) groups excluding carboxylic acids is 1. The highest BCUT2D eigenvalue weighted by Gasteiger charge is 2.16. The quantitative estimate of drug-likeness (QED) is 0.565. The number of nitrogens with zero attached hydrogens (tertiary/aromatic N) is 2. The Kier molecular flexibility index (Phi) is 6.90. The summed E-state index contributed by atoms with van der Waals surface area (Å²) in [6, 6.07) is 13.1. The number of ether oxygens (including phenoxy) is 2. The molecule has 1 aromatic carbocycles. The van der Waals surface area contributed by atoms with Crippen molar-refractivity contribution < 1.29 is 14.3 Å². The number of amides is 1. The normalized spacial score (nSPS) is 10.8. The number of benzene rings is 1. The topological polar surface area (TPSA) is 65.4 Å². The molecule has 0 saturated carbocycles. The summed E-state index contributed by atoms with van der Waals surface area (Å²) in [6.45, 7) is 5.25. The van der Waals surface area contributed by atoms with Gasteiger partial charge >= 0.3 is 0 Å². The van der Waals surface area contributed by atoms with E-state index in [9.17, 15) is 4.79 Å². The van der Waals surface area contributed by atoms with Gasteiger partial charge < -0.3 is 19.4 Å². The summed E-state index contributed by atoms with van der Waals surface area (Å²) in [5, 5.41) is 3.63. The highest BCUT2D eigenvalue weighted by molar-refractivity contribution is 6.30. The lowest BCUT2D eigenvalue weighted by atomic mass is 10.2. The molecule has 2 heterocycles. The molecule has 3 rings (SSSR count). The minimum absolute atomic E-state index is 0.126. The Hall–Kier alpha value is -2.83. The van der Waals surface area contributed by atoms with Crippen molar-refractivity contribution in [3.05, 3.63) is 76.2 Å². The maximum atomic E-state index is 12.7. The van der Waals surface area contributed by atoms with E-state index in [4.69, 9.17) is 21.1 Å². The van der Waals surface area contributed by atoms with Crippen LogP contribution in [0.1, 0.15) is 27.3 Å². The molecule has 6 nitrogen and oxygen atoms in total. The number of halogens is 1. The van der Waals surface area contributed by atoms with E-state index in [0.717, 1.165) is 22.6 Å². The molecule has 0 atom stereocenters. The van der Waals surface area contributed by atoms with Gasteiger partial charge in [-0.15, -0.1) is 0 Å². The predicted octanol–water partition coefficient (Wildman–Crippen LogP) is 4.10. The summed E-state index contributed by atoms with van der Waals surface area (Å²) < 4.78 is 12.4. The van der Waals surface area contributed by atoms with Gasteiger partial charge in [0.2, 0.25) is 5.88 Å². The Balaban J connectivity index is 1.65. The number of hydrogen-bond donors (Lipinski definition) is 1. The Labute approximate surface area is 175 Å². The zero-order valence-corrected chi connectivity index (χ0v) is 17.5. The summed E-state index contributed by atoms with van der Waals surface area (Å²) in [6.07, 6.45) is 1.69. The number of aromatic nitrogens is 2. The smallest absolute Gasteiger partial charge is 0.253 e. The van der Waals surface area contributed by atoms with Crippen LogP contribution in [0.25, 0.3) is 5.69 Å². The summed E-state index contributed by atoms with van der Waals surface area (Å²) in [5.74, 6) is 0.405. The molecule has 0 aliphatic heterocycles. The van der Waals surface area contributed by atoms with Crippen molar-refractivity contribution in [3.63, 3.8) is 0 Å². The monoisotopic (exact) mass is 413 g/mol. The molecule has 0 spiro atoms. The average Bonchev–Trinajstić information content (AvgIpc) is 3.02. The van der Waals surface area contributed by atoms with Crippen molar-refractivity contribution in [1.82, 2.24) is 14.9 Å².